The van der Waals surface area contributed by atoms with E-state index < -0.39 is 11.8 Å². The number of nitrogens with two attached hydrogens (primary N) is 1. The molecule has 0 aliphatic carbocycles. The van der Waals surface area contributed by atoms with Crippen LogP contribution < -0.4 is 11.1 Å². The Bertz CT molecular complexity index is 907. The average molecular weight is 341 g/mol. The van der Waals surface area contributed by atoms with E-state index in [0.29, 0.717) is 17.6 Å². The van der Waals surface area contributed by atoms with Crippen molar-refractivity contribution in [3.8, 4) is 0 Å². The molecular weight excluding hydrogens is 325 g/mol. The van der Waals surface area contributed by atoms with E-state index in [1.807, 2.05) is 0 Å². The summed E-state index contributed by atoms with van der Waals surface area (Å²) < 4.78 is 14.4. The molecule has 3 rings (SSSR count). The zero-order chi connectivity index (χ0) is 17.8. The van der Waals surface area contributed by atoms with Crippen molar-refractivity contribution < 1.29 is 14.0 Å². The van der Waals surface area contributed by atoms with Gasteiger partial charge in [-0.15, -0.1) is 0 Å². The number of amides is 2. The highest BCUT2D eigenvalue weighted by molar-refractivity contribution is 5.99. The van der Waals surface area contributed by atoms with Gasteiger partial charge in [0.1, 0.15) is 11.4 Å². The van der Waals surface area contributed by atoms with E-state index >= 15 is 0 Å². The summed E-state index contributed by atoms with van der Waals surface area (Å²) in [6.07, 6.45) is 4.97. The van der Waals surface area contributed by atoms with Gasteiger partial charge in [0.2, 0.25) is 5.91 Å². The third kappa shape index (κ3) is 3.79. The molecule has 8 heteroatoms. The third-order valence-corrected chi connectivity index (χ3v) is 3.83. The van der Waals surface area contributed by atoms with Gasteiger partial charge >= 0.3 is 0 Å². The summed E-state index contributed by atoms with van der Waals surface area (Å²) in [4.78, 5) is 28.1. The van der Waals surface area contributed by atoms with Gasteiger partial charge in [0.05, 0.1) is 12.1 Å². The molecular formula is C17H16FN5O2. The highest BCUT2D eigenvalue weighted by Gasteiger charge is 2.19. The third-order valence-electron chi connectivity index (χ3n) is 3.83. The van der Waals surface area contributed by atoms with Crippen LogP contribution in [0.2, 0.25) is 0 Å². The van der Waals surface area contributed by atoms with Crippen LogP contribution in [0.1, 0.15) is 15.9 Å². The zero-order valence-electron chi connectivity index (χ0n) is 13.2. The van der Waals surface area contributed by atoms with E-state index in [9.17, 15) is 14.0 Å². The largest absolute Gasteiger partial charge is 0.369 e. The second-order valence-electron chi connectivity index (χ2n) is 5.59. The van der Waals surface area contributed by atoms with Gasteiger partial charge in [0.15, 0.2) is 5.65 Å². The molecule has 2 aromatic heterocycles. The Hall–Kier alpha value is -3.29. The normalized spacial score (nSPS) is 12.0. The van der Waals surface area contributed by atoms with E-state index in [2.05, 4.69) is 15.4 Å². The second kappa shape index (κ2) is 7.08. The first-order chi connectivity index (χ1) is 12.0. The second-order valence-corrected chi connectivity index (χ2v) is 5.59. The first-order valence-electron chi connectivity index (χ1n) is 7.65. The van der Waals surface area contributed by atoms with E-state index in [4.69, 9.17) is 5.73 Å². The monoisotopic (exact) mass is 341 g/mol. The Morgan fingerprint density at radius 1 is 1.28 bits per heavy atom. The number of hydrogen-bond donors (Lipinski definition) is 2. The van der Waals surface area contributed by atoms with E-state index in [1.165, 1.54) is 22.8 Å². The predicted molar refractivity (Wildman–Crippen MR) is 88.1 cm³/mol. The Morgan fingerprint density at radius 2 is 2.04 bits per heavy atom. The van der Waals surface area contributed by atoms with Crippen molar-refractivity contribution in [2.75, 3.05) is 6.54 Å². The molecule has 2 heterocycles. The van der Waals surface area contributed by atoms with Gasteiger partial charge in [-0.2, -0.15) is 5.10 Å². The molecule has 0 bridgehead atoms. The summed E-state index contributed by atoms with van der Waals surface area (Å²) in [7, 11) is 0. The molecule has 1 aromatic carbocycles. The van der Waals surface area contributed by atoms with Crippen LogP contribution in [-0.4, -0.2) is 33.0 Å². The van der Waals surface area contributed by atoms with Crippen LogP contribution >= 0.6 is 0 Å². The number of halogens is 1. The highest BCUT2D eigenvalue weighted by atomic mass is 19.1. The van der Waals surface area contributed by atoms with Crippen molar-refractivity contribution in [3.63, 3.8) is 0 Å². The molecule has 7 nitrogen and oxygen atoms in total. The number of benzene rings is 1. The Kier molecular flexibility index (Phi) is 4.69. The lowest BCUT2D eigenvalue weighted by molar-refractivity contribution is -0.121. The van der Waals surface area contributed by atoms with Crippen molar-refractivity contribution in [2.45, 2.75) is 6.42 Å². The molecule has 3 N–H and O–H groups in total. The number of primary amides is 1. The number of hydrogen-bond acceptors (Lipinski definition) is 4. The quantitative estimate of drug-likeness (QED) is 0.696. The lowest BCUT2D eigenvalue weighted by Crippen LogP contribution is -2.37. The first-order valence-corrected chi connectivity index (χ1v) is 7.65. The molecule has 1 atom stereocenters. The number of nitrogens with zero attached hydrogens (tertiary/aromatic N) is 3. The summed E-state index contributed by atoms with van der Waals surface area (Å²) in [5, 5.41) is 6.73. The fraction of sp³-hybridized carbons (Fsp3) is 0.176. The van der Waals surface area contributed by atoms with Gasteiger partial charge in [0, 0.05) is 18.9 Å². The van der Waals surface area contributed by atoms with Gasteiger partial charge in [-0.25, -0.2) is 13.9 Å². The summed E-state index contributed by atoms with van der Waals surface area (Å²) in [5.41, 5.74) is 6.91. The number of rotatable bonds is 6. The van der Waals surface area contributed by atoms with E-state index in [0.717, 1.165) is 5.56 Å². The molecule has 25 heavy (non-hydrogen) atoms. The first kappa shape index (κ1) is 16.6. The molecule has 0 saturated heterocycles. The molecule has 128 valence electrons. The van der Waals surface area contributed by atoms with E-state index in [-0.39, 0.29) is 18.3 Å². The lowest BCUT2D eigenvalue weighted by atomic mass is 9.98. The van der Waals surface area contributed by atoms with Crippen molar-refractivity contribution >= 4 is 17.5 Å². The number of nitrogens with one attached hydrogen (secondary N) is 1. The smallest absolute Gasteiger partial charge is 0.256 e. The SMILES string of the molecule is NC(=O)[C@H](CNC(=O)c1cnn2cccnc12)Cc1ccc(F)cc1. The topological polar surface area (TPSA) is 102 Å². The Morgan fingerprint density at radius 3 is 2.76 bits per heavy atom. The van der Waals surface area contributed by atoms with Crippen LogP contribution in [-0.2, 0) is 11.2 Å². The van der Waals surface area contributed by atoms with Crippen LogP contribution in [0.3, 0.4) is 0 Å². The van der Waals surface area contributed by atoms with Gasteiger partial charge in [-0.1, -0.05) is 12.1 Å². The molecule has 0 unspecified atom stereocenters. The molecule has 3 aromatic rings. The summed E-state index contributed by atoms with van der Waals surface area (Å²) in [5.74, 6) is -1.89. The van der Waals surface area contributed by atoms with Gasteiger partial charge < -0.3 is 11.1 Å². The van der Waals surface area contributed by atoms with Crippen LogP contribution in [0.4, 0.5) is 4.39 Å². The van der Waals surface area contributed by atoms with Crippen molar-refractivity contribution in [1.82, 2.24) is 19.9 Å². The molecule has 0 aliphatic rings. The van der Waals surface area contributed by atoms with Crippen molar-refractivity contribution in [2.24, 2.45) is 11.7 Å². The number of carbonyl (C=O) groups excluding carboxylic acids is 2. The van der Waals surface area contributed by atoms with Gasteiger partial charge in [-0.3, -0.25) is 9.59 Å². The zero-order valence-corrected chi connectivity index (χ0v) is 13.2. The van der Waals surface area contributed by atoms with Gasteiger partial charge in [-0.05, 0) is 30.2 Å². The number of carbonyl (C=O) groups is 2. The van der Waals surface area contributed by atoms with Crippen molar-refractivity contribution in [1.29, 1.82) is 0 Å². The Balaban J connectivity index is 1.67. The molecule has 0 fully saturated rings. The number of aromatic nitrogens is 3. The fourth-order valence-electron chi connectivity index (χ4n) is 2.48. The predicted octanol–water partition coefficient (Wildman–Crippen LogP) is 0.942. The van der Waals surface area contributed by atoms with Crippen LogP contribution in [0, 0.1) is 11.7 Å². The number of fused-ring (bicyclic) bond motifs is 1. The minimum atomic E-state index is -0.607. The van der Waals surface area contributed by atoms with Crippen LogP contribution in [0.15, 0.2) is 48.9 Å². The summed E-state index contributed by atoms with van der Waals surface area (Å²) in [6, 6.07) is 7.51. The molecule has 0 aliphatic heterocycles. The molecule has 2 amide bonds. The summed E-state index contributed by atoms with van der Waals surface area (Å²) in [6.45, 7) is 0.0652. The standard InChI is InChI=1S/C17H16FN5O2/c18-13-4-2-11(3-5-13)8-12(15(19)24)9-21-17(25)14-10-22-23-7-1-6-20-16(14)23/h1-7,10,12H,8-9H2,(H2,19,24)(H,21,25)/t12-/m0/s1. The lowest BCUT2D eigenvalue weighted by Gasteiger charge is -2.14. The maximum absolute atomic E-state index is 13.0. The van der Waals surface area contributed by atoms with Crippen molar-refractivity contribution in [3.05, 3.63) is 65.9 Å². The fourth-order valence-corrected chi connectivity index (χ4v) is 2.48. The minimum Gasteiger partial charge on any atom is -0.369 e. The minimum absolute atomic E-state index is 0.0652. The van der Waals surface area contributed by atoms with Gasteiger partial charge in [0.25, 0.3) is 5.91 Å². The average Bonchev–Trinajstić information content (AvgIpc) is 3.04. The maximum atomic E-state index is 13.0. The molecule has 0 spiro atoms. The Labute approximate surface area is 142 Å². The van der Waals surface area contributed by atoms with E-state index in [1.54, 1.807) is 30.6 Å². The summed E-state index contributed by atoms with van der Waals surface area (Å²) >= 11 is 0. The molecule has 0 saturated carbocycles. The molecule has 0 radical (unpaired) electrons. The van der Waals surface area contributed by atoms with Crippen LogP contribution in [0.5, 0.6) is 0 Å². The maximum Gasteiger partial charge on any atom is 0.256 e. The van der Waals surface area contributed by atoms with Crippen LogP contribution in [0.25, 0.3) is 5.65 Å². The highest BCUT2D eigenvalue weighted by Crippen LogP contribution is 2.11.